The topological polar surface area (TPSA) is 15.3 Å². The maximum Gasteiger partial charge on any atom is 0.0355 e. The molecule has 0 aromatic heterocycles. The van der Waals surface area contributed by atoms with Crippen molar-refractivity contribution >= 4 is 0 Å². The molecule has 0 fully saturated rings. The molecule has 3 atom stereocenters. The van der Waals surface area contributed by atoms with Crippen LogP contribution >= 0.6 is 0 Å². The van der Waals surface area contributed by atoms with Gasteiger partial charge in [-0.15, -0.1) is 0 Å². The van der Waals surface area contributed by atoms with Gasteiger partial charge in [-0.2, -0.15) is 0 Å². The summed E-state index contributed by atoms with van der Waals surface area (Å²) in [6.45, 7) is 11.5. The molecule has 0 bridgehead atoms. The highest BCUT2D eigenvalue weighted by Gasteiger charge is 2.21. The highest BCUT2D eigenvalue weighted by Crippen LogP contribution is 2.23. The second-order valence-corrected chi connectivity index (χ2v) is 5.50. The molecule has 0 amide bonds. The fourth-order valence-electron chi connectivity index (χ4n) is 2.79. The number of rotatable bonds is 8. The summed E-state index contributed by atoms with van der Waals surface area (Å²) in [6.07, 6.45) is 1.22. The summed E-state index contributed by atoms with van der Waals surface area (Å²) in [5, 5.41) is 3.48. The van der Waals surface area contributed by atoms with Crippen LogP contribution in [-0.4, -0.2) is 31.1 Å². The van der Waals surface area contributed by atoms with Crippen molar-refractivity contribution in [3.05, 3.63) is 35.9 Å². The van der Waals surface area contributed by atoms with E-state index >= 15 is 0 Å². The monoisotopic (exact) mass is 262 g/mol. The molecule has 3 unspecified atom stereocenters. The van der Waals surface area contributed by atoms with Gasteiger partial charge in [0.05, 0.1) is 0 Å². The summed E-state index contributed by atoms with van der Waals surface area (Å²) in [4.78, 5) is 2.58. The first-order chi connectivity index (χ1) is 9.13. The van der Waals surface area contributed by atoms with E-state index in [9.17, 15) is 0 Å². The van der Waals surface area contributed by atoms with Crippen molar-refractivity contribution < 1.29 is 0 Å². The van der Waals surface area contributed by atoms with E-state index in [0.717, 1.165) is 13.1 Å². The standard InChI is InChI=1S/C17H30N2/c1-6-15(4)19(7-2)13-14(3)17(18-5)16-11-9-8-10-12-16/h8-12,14-15,17-18H,6-7,13H2,1-5H3. The van der Waals surface area contributed by atoms with Gasteiger partial charge in [0.1, 0.15) is 0 Å². The molecule has 0 spiro atoms. The minimum atomic E-state index is 0.430. The van der Waals surface area contributed by atoms with E-state index in [2.05, 4.69) is 75.3 Å². The Morgan fingerprint density at radius 1 is 1.11 bits per heavy atom. The van der Waals surface area contributed by atoms with Crippen LogP contribution in [0.2, 0.25) is 0 Å². The summed E-state index contributed by atoms with van der Waals surface area (Å²) < 4.78 is 0. The molecule has 1 aromatic rings. The molecular weight excluding hydrogens is 232 g/mol. The summed E-state index contributed by atoms with van der Waals surface area (Å²) in [7, 11) is 2.06. The van der Waals surface area contributed by atoms with E-state index < -0.39 is 0 Å². The van der Waals surface area contributed by atoms with Crippen LogP contribution in [0, 0.1) is 5.92 Å². The number of hydrogen-bond donors (Lipinski definition) is 1. The van der Waals surface area contributed by atoms with E-state index in [1.54, 1.807) is 0 Å². The van der Waals surface area contributed by atoms with Crippen LogP contribution in [0.4, 0.5) is 0 Å². The molecule has 0 heterocycles. The van der Waals surface area contributed by atoms with E-state index in [1.165, 1.54) is 12.0 Å². The zero-order valence-corrected chi connectivity index (χ0v) is 13.2. The van der Waals surface area contributed by atoms with Crippen LogP contribution in [-0.2, 0) is 0 Å². The van der Waals surface area contributed by atoms with Crippen molar-refractivity contribution in [2.24, 2.45) is 5.92 Å². The lowest BCUT2D eigenvalue weighted by Gasteiger charge is -2.33. The molecule has 0 aliphatic rings. The van der Waals surface area contributed by atoms with Gasteiger partial charge in [0, 0.05) is 18.6 Å². The molecule has 1 rings (SSSR count). The molecular formula is C17H30N2. The van der Waals surface area contributed by atoms with E-state index in [-0.39, 0.29) is 0 Å². The minimum Gasteiger partial charge on any atom is -0.313 e. The molecule has 0 radical (unpaired) electrons. The summed E-state index contributed by atoms with van der Waals surface area (Å²) >= 11 is 0. The molecule has 2 nitrogen and oxygen atoms in total. The highest BCUT2D eigenvalue weighted by atomic mass is 15.1. The van der Waals surface area contributed by atoms with Crippen molar-refractivity contribution in [2.45, 2.75) is 46.2 Å². The van der Waals surface area contributed by atoms with Gasteiger partial charge in [0.15, 0.2) is 0 Å². The molecule has 0 aliphatic heterocycles. The van der Waals surface area contributed by atoms with Crippen LogP contribution in [0.5, 0.6) is 0 Å². The molecule has 19 heavy (non-hydrogen) atoms. The average Bonchev–Trinajstić information content (AvgIpc) is 2.45. The average molecular weight is 262 g/mol. The first-order valence-electron chi connectivity index (χ1n) is 7.60. The first kappa shape index (κ1) is 16.2. The van der Waals surface area contributed by atoms with Crippen LogP contribution < -0.4 is 5.32 Å². The lowest BCUT2D eigenvalue weighted by molar-refractivity contribution is 0.170. The zero-order valence-electron chi connectivity index (χ0n) is 13.2. The van der Waals surface area contributed by atoms with Gasteiger partial charge in [-0.3, -0.25) is 0 Å². The smallest absolute Gasteiger partial charge is 0.0355 e. The molecule has 0 saturated heterocycles. The lowest BCUT2D eigenvalue weighted by Crippen LogP contribution is -2.39. The van der Waals surface area contributed by atoms with Gasteiger partial charge < -0.3 is 10.2 Å². The van der Waals surface area contributed by atoms with E-state index in [4.69, 9.17) is 0 Å². The number of nitrogens with zero attached hydrogens (tertiary/aromatic N) is 1. The number of benzene rings is 1. The molecule has 2 heteroatoms. The maximum absolute atomic E-state index is 3.48. The second kappa shape index (κ2) is 8.34. The SMILES string of the molecule is CCC(C)N(CC)CC(C)C(NC)c1ccccc1. The van der Waals surface area contributed by atoms with Gasteiger partial charge in [-0.1, -0.05) is 51.1 Å². The normalized spacial score (nSPS) is 16.3. The quantitative estimate of drug-likeness (QED) is 0.768. The van der Waals surface area contributed by atoms with Crippen LogP contribution in [0.25, 0.3) is 0 Å². The Bertz CT molecular complexity index is 336. The van der Waals surface area contributed by atoms with Gasteiger partial charge in [-0.05, 0) is 38.4 Å². The van der Waals surface area contributed by atoms with E-state index in [0.29, 0.717) is 18.0 Å². The summed E-state index contributed by atoms with van der Waals surface area (Å²) in [5.41, 5.74) is 1.39. The number of nitrogens with one attached hydrogen (secondary N) is 1. The largest absolute Gasteiger partial charge is 0.313 e. The third kappa shape index (κ3) is 4.63. The minimum absolute atomic E-state index is 0.430. The summed E-state index contributed by atoms with van der Waals surface area (Å²) in [5.74, 6) is 0.598. The fourth-order valence-corrected chi connectivity index (χ4v) is 2.79. The van der Waals surface area contributed by atoms with Gasteiger partial charge in [0.25, 0.3) is 0 Å². The van der Waals surface area contributed by atoms with Crippen molar-refractivity contribution in [2.75, 3.05) is 20.1 Å². The molecule has 1 N–H and O–H groups in total. The van der Waals surface area contributed by atoms with Crippen molar-refractivity contribution in [3.8, 4) is 0 Å². The van der Waals surface area contributed by atoms with Gasteiger partial charge in [0.2, 0.25) is 0 Å². The van der Waals surface area contributed by atoms with Crippen molar-refractivity contribution in [1.82, 2.24) is 10.2 Å². The molecule has 1 aromatic carbocycles. The highest BCUT2D eigenvalue weighted by molar-refractivity contribution is 5.19. The van der Waals surface area contributed by atoms with Crippen molar-refractivity contribution in [3.63, 3.8) is 0 Å². The first-order valence-corrected chi connectivity index (χ1v) is 7.60. The Labute approximate surface area is 119 Å². The molecule has 108 valence electrons. The Morgan fingerprint density at radius 2 is 1.74 bits per heavy atom. The Kier molecular flexibility index (Phi) is 7.11. The molecule has 0 aliphatic carbocycles. The van der Waals surface area contributed by atoms with Crippen LogP contribution in [0.1, 0.15) is 45.7 Å². The van der Waals surface area contributed by atoms with Gasteiger partial charge in [-0.25, -0.2) is 0 Å². The Morgan fingerprint density at radius 3 is 2.21 bits per heavy atom. The number of hydrogen-bond acceptors (Lipinski definition) is 2. The molecule has 0 saturated carbocycles. The van der Waals surface area contributed by atoms with Crippen molar-refractivity contribution in [1.29, 1.82) is 0 Å². The van der Waals surface area contributed by atoms with E-state index in [1.807, 2.05) is 0 Å². The van der Waals surface area contributed by atoms with Crippen LogP contribution in [0.15, 0.2) is 30.3 Å². The zero-order chi connectivity index (χ0) is 14.3. The third-order valence-corrected chi connectivity index (χ3v) is 4.18. The summed E-state index contributed by atoms with van der Waals surface area (Å²) in [6, 6.07) is 11.9. The third-order valence-electron chi connectivity index (χ3n) is 4.18. The van der Waals surface area contributed by atoms with Crippen LogP contribution in [0.3, 0.4) is 0 Å². The Hall–Kier alpha value is -0.860. The predicted octanol–water partition coefficient (Wildman–Crippen LogP) is 3.70. The predicted molar refractivity (Wildman–Crippen MR) is 84.4 cm³/mol. The second-order valence-electron chi connectivity index (χ2n) is 5.50. The fraction of sp³-hybridized carbons (Fsp3) is 0.647. The maximum atomic E-state index is 3.48. The van der Waals surface area contributed by atoms with Gasteiger partial charge >= 0.3 is 0 Å². The Balaban J connectivity index is 2.71. The lowest BCUT2D eigenvalue weighted by atomic mass is 9.93.